The van der Waals surface area contributed by atoms with E-state index in [9.17, 15) is 29.1 Å². The summed E-state index contributed by atoms with van der Waals surface area (Å²) in [4.78, 5) is 67.5. The van der Waals surface area contributed by atoms with Gasteiger partial charge in [0.15, 0.2) is 0 Å². The van der Waals surface area contributed by atoms with Gasteiger partial charge in [0.1, 0.15) is 18.1 Å². The number of aromatic nitrogens is 2. The topological polar surface area (TPSA) is 243 Å². The third-order valence-corrected chi connectivity index (χ3v) is 5.24. The number of carboxylic acids is 2. The molecule has 0 aromatic carbocycles. The van der Waals surface area contributed by atoms with Gasteiger partial charge in [-0.1, -0.05) is 13.8 Å². The first-order valence-corrected chi connectivity index (χ1v) is 11.7. The molecule has 14 heteroatoms. The average Bonchev–Trinajstić information content (AvgIpc) is 3.29. The molecule has 1 aromatic rings. The summed E-state index contributed by atoms with van der Waals surface area (Å²) in [5.41, 5.74) is 11.6. The highest BCUT2D eigenvalue weighted by Gasteiger charge is 2.31. The van der Waals surface area contributed by atoms with Crippen LogP contribution in [0.3, 0.4) is 0 Å². The molecule has 0 aliphatic heterocycles. The van der Waals surface area contributed by atoms with E-state index >= 15 is 0 Å². The summed E-state index contributed by atoms with van der Waals surface area (Å²) >= 11 is 0. The van der Waals surface area contributed by atoms with Gasteiger partial charge in [-0.2, -0.15) is 0 Å². The van der Waals surface area contributed by atoms with Crippen LogP contribution in [0.4, 0.5) is 0 Å². The zero-order valence-electron chi connectivity index (χ0n) is 20.5. The first-order chi connectivity index (χ1) is 16.9. The molecule has 0 aliphatic rings. The zero-order chi connectivity index (χ0) is 27.3. The normalized spacial score (nSPS) is 14.4. The van der Waals surface area contributed by atoms with Crippen LogP contribution in [0.2, 0.25) is 0 Å². The first kappa shape index (κ1) is 30.5. The highest BCUT2D eigenvalue weighted by Crippen LogP contribution is 2.09. The molecular weight excluding hydrogens is 474 g/mol. The molecule has 4 atom stereocenters. The van der Waals surface area contributed by atoms with E-state index in [1.54, 1.807) is 0 Å². The molecule has 0 bridgehead atoms. The third-order valence-electron chi connectivity index (χ3n) is 5.24. The predicted octanol–water partition coefficient (Wildman–Crippen LogP) is -1.53. The Kier molecular flexibility index (Phi) is 13.1. The van der Waals surface area contributed by atoms with E-state index < -0.39 is 60.2 Å². The largest absolute Gasteiger partial charge is 0.481 e. The van der Waals surface area contributed by atoms with Crippen molar-refractivity contribution < 1.29 is 34.2 Å². The van der Waals surface area contributed by atoms with Crippen molar-refractivity contribution >= 4 is 29.7 Å². The Bertz CT molecular complexity index is 876. The molecule has 0 aliphatic carbocycles. The lowest BCUT2D eigenvalue weighted by atomic mass is 10.0. The zero-order valence-corrected chi connectivity index (χ0v) is 20.5. The van der Waals surface area contributed by atoms with Crippen LogP contribution in [0.25, 0.3) is 0 Å². The van der Waals surface area contributed by atoms with E-state index in [1.807, 2.05) is 13.8 Å². The SMILES string of the molecule is CC(C)CC(NC(=O)C(N)CC(=O)O)C(=O)NC(CCCCN)C(=O)NC(Cc1cnc[nH]1)C(=O)O. The number of unbranched alkanes of at least 4 members (excludes halogenated alkanes) is 1. The summed E-state index contributed by atoms with van der Waals surface area (Å²) in [5.74, 6) is -4.75. The van der Waals surface area contributed by atoms with Gasteiger partial charge in [0.05, 0.1) is 18.8 Å². The molecule has 0 saturated carbocycles. The molecule has 10 N–H and O–H groups in total. The Morgan fingerprint density at radius 1 is 0.972 bits per heavy atom. The van der Waals surface area contributed by atoms with Gasteiger partial charge >= 0.3 is 11.9 Å². The van der Waals surface area contributed by atoms with Crippen molar-refractivity contribution in [2.75, 3.05) is 6.54 Å². The van der Waals surface area contributed by atoms with Crippen molar-refractivity contribution in [2.45, 2.75) is 76.5 Å². The summed E-state index contributed by atoms with van der Waals surface area (Å²) in [6.07, 6.45) is 3.62. The number of nitrogens with zero attached hydrogens (tertiary/aromatic N) is 1. The highest BCUT2D eigenvalue weighted by molar-refractivity contribution is 5.94. The van der Waals surface area contributed by atoms with Crippen molar-refractivity contribution in [3.63, 3.8) is 0 Å². The van der Waals surface area contributed by atoms with Gasteiger partial charge in [0.2, 0.25) is 17.7 Å². The molecule has 0 spiro atoms. The van der Waals surface area contributed by atoms with Crippen LogP contribution in [0.5, 0.6) is 0 Å². The van der Waals surface area contributed by atoms with Gasteiger partial charge in [-0.3, -0.25) is 19.2 Å². The Hall–Kier alpha value is -3.52. The van der Waals surface area contributed by atoms with Crippen LogP contribution < -0.4 is 27.4 Å². The second kappa shape index (κ2) is 15.5. The van der Waals surface area contributed by atoms with Crippen LogP contribution in [0.15, 0.2) is 12.5 Å². The van der Waals surface area contributed by atoms with Crippen molar-refractivity contribution in [3.8, 4) is 0 Å². The molecule has 36 heavy (non-hydrogen) atoms. The minimum absolute atomic E-state index is 0.0351. The van der Waals surface area contributed by atoms with Crippen LogP contribution in [-0.4, -0.2) is 80.6 Å². The van der Waals surface area contributed by atoms with E-state index in [2.05, 4.69) is 25.9 Å². The van der Waals surface area contributed by atoms with Crippen molar-refractivity contribution in [1.82, 2.24) is 25.9 Å². The summed E-state index contributed by atoms with van der Waals surface area (Å²) < 4.78 is 0. The third kappa shape index (κ3) is 11.3. The smallest absolute Gasteiger partial charge is 0.326 e. The Morgan fingerprint density at radius 3 is 2.11 bits per heavy atom. The summed E-state index contributed by atoms with van der Waals surface area (Å²) in [6.45, 7) is 4.01. The number of rotatable bonds is 17. The first-order valence-electron chi connectivity index (χ1n) is 11.7. The van der Waals surface area contributed by atoms with E-state index in [4.69, 9.17) is 16.6 Å². The van der Waals surface area contributed by atoms with E-state index in [0.29, 0.717) is 25.1 Å². The van der Waals surface area contributed by atoms with Crippen LogP contribution in [-0.2, 0) is 30.4 Å². The van der Waals surface area contributed by atoms with E-state index in [-0.39, 0.29) is 25.2 Å². The standard InChI is InChI=1S/C22H37N7O7/c1-12(2)7-16(28-19(32)14(24)9-18(30)31)21(34)27-15(5-3-4-6-23)20(33)29-17(22(35)36)8-13-10-25-11-26-13/h10-12,14-17H,3-9,23-24H2,1-2H3,(H,25,26)(H,27,34)(H,28,32)(H,29,33)(H,30,31)(H,35,36). The molecule has 4 unspecified atom stereocenters. The fraction of sp³-hybridized carbons (Fsp3) is 0.636. The number of hydrogen-bond acceptors (Lipinski definition) is 8. The maximum atomic E-state index is 13.1. The number of aliphatic carboxylic acids is 2. The minimum atomic E-state index is -1.35. The van der Waals surface area contributed by atoms with Crippen LogP contribution in [0, 0.1) is 5.92 Å². The molecule has 0 fully saturated rings. The van der Waals surface area contributed by atoms with Gasteiger partial charge in [0.25, 0.3) is 0 Å². The molecule has 1 heterocycles. The van der Waals surface area contributed by atoms with Crippen molar-refractivity contribution in [3.05, 3.63) is 18.2 Å². The van der Waals surface area contributed by atoms with Crippen molar-refractivity contribution in [1.29, 1.82) is 0 Å². The maximum absolute atomic E-state index is 13.1. The van der Waals surface area contributed by atoms with Gasteiger partial charge < -0.3 is 42.6 Å². The molecule has 0 radical (unpaired) electrons. The lowest BCUT2D eigenvalue weighted by Crippen LogP contribution is -2.57. The fourth-order valence-corrected chi connectivity index (χ4v) is 3.39. The molecular formula is C22H37N7O7. The number of nitrogens with one attached hydrogen (secondary N) is 4. The van der Waals surface area contributed by atoms with Crippen molar-refractivity contribution in [2.24, 2.45) is 17.4 Å². The number of aromatic amines is 1. The fourth-order valence-electron chi connectivity index (χ4n) is 3.39. The number of H-pyrrole nitrogens is 1. The Balaban J connectivity index is 2.98. The number of imidazole rings is 1. The molecule has 14 nitrogen and oxygen atoms in total. The summed E-state index contributed by atoms with van der Waals surface area (Å²) in [7, 11) is 0. The lowest BCUT2D eigenvalue weighted by molar-refractivity contribution is -0.142. The number of nitrogens with two attached hydrogens (primary N) is 2. The van der Waals surface area contributed by atoms with Gasteiger partial charge in [-0.05, 0) is 38.1 Å². The average molecular weight is 512 g/mol. The van der Waals surface area contributed by atoms with Gasteiger partial charge in [-0.15, -0.1) is 0 Å². The lowest BCUT2D eigenvalue weighted by Gasteiger charge is -2.26. The van der Waals surface area contributed by atoms with Gasteiger partial charge in [0, 0.05) is 18.3 Å². The number of carbonyl (C=O) groups is 5. The minimum Gasteiger partial charge on any atom is -0.481 e. The van der Waals surface area contributed by atoms with Crippen LogP contribution >= 0.6 is 0 Å². The monoisotopic (exact) mass is 511 g/mol. The molecule has 0 saturated heterocycles. The quantitative estimate of drug-likeness (QED) is 0.112. The molecule has 1 rings (SSSR count). The number of carboxylic acid groups (broad SMARTS) is 2. The molecule has 202 valence electrons. The van der Waals surface area contributed by atoms with E-state index in [0.717, 1.165) is 0 Å². The predicted molar refractivity (Wildman–Crippen MR) is 128 cm³/mol. The summed E-state index contributed by atoms with van der Waals surface area (Å²) in [5, 5.41) is 25.9. The molecule has 1 aromatic heterocycles. The van der Waals surface area contributed by atoms with Gasteiger partial charge in [-0.25, -0.2) is 9.78 Å². The highest BCUT2D eigenvalue weighted by atomic mass is 16.4. The second-order valence-corrected chi connectivity index (χ2v) is 8.92. The maximum Gasteiger partial charge on any atom is 0.326 e. The second-order valence-electron chi connectivity index (χ2n) is 8.92. The number of carbonyl (C=O) groups excluding carboxylic acids is 3. The molecule has 3 amide bonds. The Labute approximate surface area is 209 Å². The summed E-state index contributed by atoms with van der Waals surface area (Å²) in [6, 6.07) is -4.80. The Morgan fingerprint density at radius 2 is 1.58 bits per heavy atom. The van der Waals surface area contributed by atoms with Crippen LogP contribution in [0.1, 0.15) is 51.6 Å². The number of hydrogen-bond donors (Lipinski definition) is 8. The van der Waals surface area contributed by atoms with E-state index in [1.165, 1.54) is 12.5 Å². The number of amides is 3.